The topological polar surface area (TPSA) is 96.5 Å². The Morgan fingerprint density at radius 3 is 2.74 bits per heavy atom. The molecule has 146 valence electrons. The third kappa shape index (κ3) is 4.47. The summed E-state index contributed by atoms with van der Waals surface area (Å²) in [4.78, 5) is 27.7. The molecule has 3 amide bonds. The second-order valence-corrected chi connectivity index (χ2v) is 7.41. The number of carbonyl (C=O) groups is 2. The van der Waals surface area contributed by atoms with Crippen LogP contribution in [0.5, 0.6) is 0 Å². The van der Waals surface area contributed by atoms with Gasteiger partial charge in [-0.2, -0.15) is 5.10 Å². The molecule has 2 aromatic heterocycles. The SMILES string of the molecule is CC(C)Cc1cc(C(=O)NCc2cc3n(n2)CCN(C(=O)N(C)C)C3)on1. The molecule has 27 heavy (non-hydrogen) atoms. The van der Waals surface area contributed by atoms with E-state index in [1.54, 1.807) is 30.0 Å². The van der Waals surface area contributed by atoms with Crippen molar-refractivity contribution in [2.24, 2.45) is 5.92 Å². The molecule has 0 fully saturated rings. The summed E-state index contributed by atoms with van der Waals surface area (Å²) in [6.07, 6.45) is 0.771. The van der Waals surface area contributed by atoms with E-state index in [0.29, 0.717) is 32.1 Å². The van der Waals surface area contributed by atoms with Crippen LogP contribution in [-0.2, 0) is 26.1 Å². The first-order chi connectivity index (χ1) is 12.8. The van der Waals surface area contributed by atoms with Crippen LogP contribution in [-0.4, -0.2) is 57.3 Å². The molecule has 1 aliphatic heterocycles. The molecular weight excluding hydrogens is 348 g/mol. The maximum absolute atomic E-state index is 12.2. The van der Waals surface area contributed by atoms with Gasteiger partial charge in [0.15, 0.2) is 0 Å². The lowest BCUT2D eigenvalue weighted by Crippen LogP contribution is -2.43. The van der Waals surface area contributed by atoms with Crippen molar-refractivity contribution in [3.8, 4) is 0 Å². The van der Waals surface area contributed by atoms with E-state index in [2.05, 4.69) is 29.4 Å². The summed E-state index contributed by atoms with van der Waals surface area (Å²) in [5.74, 6) is 0.340. The van der Waals surface area contributed by atoms with Crippen molar-refractivity contribution >= 4 is 11.9 Å². The average molecular weight is 374 g/mol. The maximum atomic E-state index is 12.2. The summed E-state index contributed by atoms with van der Waals surface area (Å²) in [6, 6.07) is 3.58. The van der Waals surface area contributed by atoms with Crippen molar-refractivity contribution in [3.63, 3.8) is 0 Å². The normalized spacial score (nSPS) is 13.6. The summed E-state index contributed by atoms with van der Waals surface area (Å²) < 4.78 is 7.01. The highest BCUT2D eigenvalue weighted by Gasteiger charge is 2.23. The highest BCUT2D eigenvalue weighted by molar-refractivity contribution is 5.91. The van der Waals surface area contributed by atoms with Crippen molar-refractivity contribution < 1.29 is 14.1 Å². The summed E-state index contributed by atoms with van der Waals surface area (Å²) in [6.45, 7) is 6.24. The van der Waals surface area contributed by atoms with Gasteiger partial charge in [-0.25, -0.2) is 4.79 Å². The third-order valence-corrected chi connectivity index (χ3v) is 4.33. The predicted molar refractivity (Wildman–Crippen MR) is 97.9 cm³/mol. The Morgan fingerprint density at radius 2 is 2.04 bits per heavy atom. The zero-order chi connectivity index (χ0) is 19.6. The zero-order valence-corrected chi connectivity index (χ0v) is 16.2. The standard InChI is InChI=1S/C18H26N6O3/c1-12(2)7-13-9-16(27-21-13)17(25)19-10-14-8-15-11-23(18(26)22(3)4)5-6-24(15)20-14/h8-9,12H,5-7,10-11H2,1-4H3,(H,19,25). The molecule has 1 N–H and O–H groups in total. The molecule has 0 aliphatic carbocycles. The van der Waals surface area contributed by atoms with Crippen molar-refractivity contribution in [2.75, 3.05) is 20.6 Å². The van der Waals surface area contributed by atoms with E-state index in [1.165, 1.54) is 0 Å². The minimum atomic E-state index is -0.312. The van der Waals surface area contributed by atoms with Crippen LogP contribution in [0.4, 0.5) is 4.79 Å². The zero-order valence-electron chi connectivity index (χ0n) is 16.2. The van der Waals surface area contributed by atoms with Crippen molar-refractivity contribution in [1.82, 2.24) is 30.1 Å². The van der Waals surface area contributed by atoms with Crippen LogP contribution >= 0.6 is 0 Å². The Bertz CT molecular complexity index is 823. The van der Waals surface area contributed by atoms with Gasteiger partial charge in [0.1, 0.15) is 0 Å². The number of nitrogens with one attached hydrogen (secondary N) is 1. The van der Waals surface area contributed by atoms with Gasteiger partial charge < -0.3 is 19.6 Å². The lowest BCUT2D eigenvalue weighted by molar-refractivity contribution is 0.0913. The van der Waals surface area contributed by atoms with E-state index in [-0.39, 0.29) is 17.7 Å². The molecule has 0 unspecified atom stereocenters. The monoisotopic (exact) mass is 374 g/mol. The molecule has 0 radical (unpaired) electrons. The van der Waals surface area contributed by atoms with Gasteiger partial charge in [0.2, 0.25) is 5.76 Å². The van der Waals surface area contributed by atoms with Crippen LogP contribution < -0.4 is 5.32 Å². The van der Waals surface area contributed by atoms with Gasteiger partial charge in [-0.15, -0.1) is 0 Å². The fourth-order valence-electron chi connectivity index (χ4n) is 3.05. The first-order valence-corrected chi connectivity index (χ1v) is 9.09. The number of rotatable bonds is 5. The van der Waals surface area contributed by atoms with Gasteiger partial charge in [0, 0.05) is 26.7 Å². The van der Waals surface area contributed by atoms with Gasteiger partial charge in [0.25, 0.3) is 5.91 Å². The molecule has 0 bridgehead atoms. The van der Waals surface area contributed by atoms with Gasteiger partial charge in [0.05, 0.1) is 36.7 Å². The largest absolute Gasteiger partial charge is 0.351 e. The first-order valence-electron chi connectivity index (χ1n) is 9.09. The van der Waals surface area contributed by atoms with Crippen LogP contribution in [0, 0.1) is 5.92 Å². The van der Waals surface area contributed by atoms with Gasteiger partial charge >= 0.3 is 6.03 Å². The fraction of sp³-hybridized carbons (Fsp3) is 0.556. The molecule has 0 atom stereocenters. The predicted octanol–water partition coefficient (Wildman–Crippen LogP) is 1.50. The summed E-state index contributed by atoms with van der Waals surface area (Å²) in [7, 11) is 3.48. The van der Waals surface area contributed by atoms with E-state index >= 15 is 0 Å². The van der Waals surface area contributed by atoms with Gasteiger partial charge in [-0.05, 0) is 18.4 Å². The van der Waals surface area contributed by atoms with Crippen molar-refractivity contribution in [3.05, 3.63) is 35.0 Å². The summed E-state index contributed by atoms with van der Waals surface area (Å²) in [5.41, 5.74) is 2.48. The Morgan fingerprint density at radius 1 is 1.26 bits per heavy atom. The molecule has 0 aromatic carbocycles. The molecule has 3 rings (SSSR count). The lowest BCUT2D eigenvalue weighted by Gasteiger charge is -2.29. The Labute approximate surface area is 158 Å². The molecular formula is C18H26N6O3. The Kier molecular flexibility index (Phi) is 5.48. The highest BCUT2D eigenvalue weighted by atomic mass is 16.5. The summed E-state index contributed by atoms with van der Waals surface area (Å²) >= 11 is 0. The van der Waals surface area contributed by atoms with Crippen molar-refractivity contribution in [1.29, 1.82) is 0 Å². The van der Waals surface area contributed by atoms with Crippen LogP contribution in [0.2, 0.25) is 0 Å². The van der Waals surface area contributed by atoms with E-state index in [1.807, 2.05) is 10.7 Å². The number of amides is 3. The number of hydrogen-bond donors (Lipinski definition) is 1. The molecule has 0 saturated heterocycles. The minimum Gasteiger partial charge on any atom is -0.351 e. The summed E-state index contributed by atoms with van der Waals surface area (Å²) in [5, 5.41) is 11.2. The molecule has 3 heterocycles. The smallest absolute Gasteiger partial charge is 0.319 e. The number of aromatic nitrogens is 3. The number of urea groups is 1. The van der Waals surface area contributed by atoms with Crippen LogP contribution in [0.3, 0.4) is 0 Å². The second kappa shape index (κ2) is 7.81. The van der Waals surface area contributed by atoms with Crippen molar-refractivity contribution in [2.45, 2.75) is 39.9 Å². The van der Waals surface area contributed by atoms with Crippen LogP contribution in [0.15, 0.2) is 16.7 Å². The number of fused-ring (bicyclic) bond motifs is 1. The second-order valence-electron chi connectivity index (χ2n) is 7.41. The average Bonchev–Trinajstić information content (AvgIpc) is 3.24. The molecule has 0 saturated carbocycles. The van der Waals surface area contributed by atoms with Crippen LogP contribution in [0.1, 0.15) is 41.5 Å². The number of nitrogens with zero attached hydrogens (tertiary/aromatic N) is 5. The third-order valence-electron chi connectivity index (χ3n) is 4.33. The van der Waals surface area contributed by atoms with E-state index in [4.69, 9.17) is 4.52 Å². The van der Waals surface area contributed by atoms with Crippen LogP contribution in [0.25, 0.3) is 0 Å². The lowest BCUT2D eigenvalue weighted by atomic mass is 10.1. The molecule has 1 aliphatic rings. The fourth-order valence-corrected chi connectivity index (χ4v) is 3.05. The number of carbonyl (C=O) groups excluding carboxylic acids is 2. The van der Waals surface area contributed by atoms with Gasteiger partial charge in [-0.1, -0.05) is 19.0 Å². The van der Waals surface area contributed by atoms with Gasteiger partial charge in [-0.3, -0.25) is 9.48 Å². The maximum Gasteiger partial charge on any atom is 0.319 e. The molecule has 9 heteroatoms. The highest BCUT2D eigenvalue weighted by Crippen LogP contribution is 2.15. The van der Waals surface area contributed by atoms with E-state index in [9.17, 15) is 9.59 Å². The molecule has 0 spiro atoms. The van der Waals surface area contributed by atoms with E-state index in [0.717, 1.165) is 23.5 Å². The molecule has 9 nitrogen and oxygen atoms in total. The quantitative estimate of drug-likeness (QED) is 0.855. The van der Waals surface area contributed by atoms with E-state index < -0.39 is 0 Å². The minimum absolute atomic E-state index is 0.0141. The Hall–Kier alpha value is -2.84. The Balaban J connectivity index is 1.57. The number of hydrogen-bond acceptors (Lipinski definition) is 5. The molecule has 2 aromatic rings. The first kappa shape index (κ1) is 18.9.